The highest BCUT2D eigenvalue weighted by molar-refractivity contribution is 6.45. The predicted molar refractivity (Wildman–Crippen MR) is 85.3 cm³/mol. The first-order chi connectivity index (χ1) is 11.9. The Hall–Kier alpha value is -2.18. The van der Waals surface area contributed by atoms with E-state index in [0.29, 0.717) is 34.6 Å². The van der Waals surface area contributed by atoms with Crippen molar-refractivity contribution in [3.8, 4) is 0 Å². The van der Waals surface area contributed by atoms with Crippen molar-refractivity contribution in [3.63, 3.8) is 0 Å². The van der Waals surface area contributed by atoms with E-state index in [4.69, 9.17) is 0 Å². The zero-order valence-electron chi connectivity index (χ0n) is 15.4. The standard InChI is InChI=1S/C16H22O11/c1-7(18)12(23)14(25,9(3)20)16(27,11(5)22)15(26,10(4)21)13(24,6-17)8(2)19/h17,24-27H,6H2,1-5H3/t13-,14+,15+,16+/m0/s1. The van der Waals surface area contributed by atoms with Crippen molar-refractivity contribution in [2.75, 3.05) is 6.61 Å². The second-order valence-corrected chi connectivity index (χ2v) is 6.26. The van der Waals surface area contributed by atoms with E-state index in [1.165, 1.54) is 0 Å². The molecule has 11 nitrogen and oxygen atoms in total. The fourth-order valence-corrected chi connectivity index (χ4v) is 2.93. The molecular weight excluding hydrogens is 368 g/mol. The van der Waals surface area contributed by atoms with Gasteiger partial charge in [-0.2, -0.15) is 0 Å². The molecule has 0 fully saturated rings. The van der Waals surface area contributed by atoms with E-state index < -0.39 is 63.7 Å². The number of carbonyl (C=O) groups excluding carboxylic acids is 6. The topological polar surface area (TPSA) is 204 Å². The monoisotopic (exact) mass is 390 g/mol. The van der Waals surface area contributed by atoms with Crippen LogP contribution in [0, 0.1) is 0 Å². The maximum absolute atomic E-state index is 12.2. The average Bonchev–Trinajstić information content (AvgIpc) is 2.56. The second kappa shape index (κ2) is 7.44. The molecular formula is C16H22O11. The van der Waals surface area contributed by atoms with Crippen molar-refractivity contribution in [2.45, 2.75) is 57.0 Å². The van der Waals surface area contributed by atoms with Gasteiger partial charge in [-0.3, -0.25) is 28.8 Å². The Balaban J connectivity index is 7.62. The predicted octanol–water partition coefficient (Wildman–Crippen LogP) is -3.58. The fraction of sp³-hybridized carbons (Fsp3) is 0.625. The summed E-state index contributed by atoms with van der Waals surface area (Å²) in [5.41, 5.74) is -16.0. The third kappa shape index (κ3) is 2.97. The van der Waals surface area contributed by atoms with Crippen LogP contribution in [0.1, 0.15) is 34.6 Å². The van der Waals surface area contributed by atoms with Gasteiger partial charge in [0.15, 0.2) is 34.5 Å². The number of ketones is 6. The minimum Gasteiger partial charge on any atom is -0.393 e. The number of aliphatic hydroxyl groups is 5. The summed E-state index contributed by atoms with van der Waals surface area (Å²) in [6.07, 6.45) is 0. The molecule has 0 aliphatic heterocycles. The van der Waals surface area contributed by atoms with E-state index in [-0.39, 0.29) is 0 Å². The van der Waals surface area contributed by atoms with Crippen LogP contribution in [0.3, 0.4) is 0 Å². The number of carbonyl (C=O) groups is 6. The van der Waals surface area contributed by atoms with Crippen molar-refractivity contribution in [1.29, 1.82) is 0 Å². The van der Waals surface area contributed by atoms with Crippen LogP contribution < -0.4 is 0 Å². The molecule has 0 aromatic carbocycles. The van der Waals surface area contributed by atoms with Crippen LogP contribution in [0.2, 0.25) is 0 Å². The van der Waals surface area contributed by atoms with Crippen LogP contribution in [0.15, 0.2) is 0 Å². The Morgan fingerprint density at radius 1 is 0.630 bits per heavy atom. The molecule has 0 aromatic rings. The van der Waals surface area contributed by atoms with Crippen molar-refractivity contribution >= 4 is 34.7 Å². The van der Waals surface area contributed by atoms with E-state index in [9.17, 15) is 54.3 Å². The molecule has 0 saturated carbocycles. The molecule has 0 aliphatic rings. The summed E-state index contributed by atoms with van der Waals surface area (Å²) in [4.78, 5) is 72.0. The molecule has 11 heteroatoms. The minimum absolute atomic E-state index is 0.424. The van der Waals surface area contributed by atoms with Gasteiger partial charge in [0.2, 0.25) is 22.6 Å². The molecule has 0 aliphatic carbocycles. The normalized spacial score (nSPS) is 20.2. The molecule has 27 heavy (non-hydrogen) atoms. The molecule has 0 saturated heterocycles. The SMILES string of the molecule is CC(=O)C(=O)[C@](O)(C(C)=O)[C@](O)(C(C)=O)[C@@](O)(C(C)=O)[C@](O)(CO)C(C)=O. The average molecular weight is 390 g/mol. The van der Waals surface area contributed by atoms with Gasteiger partial charge in [-0.25, -0.2) is 0 Å². The molecule has 0 amide bonds. The van der Waals surface area contributed by atoms with Gasteiger partial charge in [-0.1, -0.05) is 0 Å². The van der Waals surface area contributed by atoms with Crippen LogP contribution in [-0.4, -0.2) is 89.2 Å². The molecule has 0 spiro atoms. The third-order valence-electron chi connectivity index (χ3n) is 4.63. The number of rotatable bonds is 10. The van der Waals surface area contributed by atoms with Gasteiger partial charge in [0.1, 0.15) is 0 Å². The van der Waals surface area contributed by atoms with Gasteiger partial charge in [-0.05, 0) is 27.7 Å². The highest BCUT2D eigenvalue weighted by Crippen LogP contribution is 2.43. The van der Waals surface area contributed by atoms with Gasteiger partial charge in [0, 0.05) is 6.92 Å². The Morgan fingerprint density at radius 2 is 1.00 bits per heavy atom. The van der Waals surface area contributed by atoms with Crippen LogP contribution >= 0.6 is 0 Å². The maximum Gasteiger partial charge on any atom is 0.240 e. The molecule has 0 radical (unpaired) electrons. The van der Waals surface area contributed by atoms with Crippen LogP contribution in [0.25, 0.3) is 0 Å². The lowest BCUT2D eigenvalue weighted by molar-refractivity contribution is -0.264. The van der Waals surface area contributed by atoms with Crippen molar-refractivity contribution < 1.29 is 54.3 Å². The first-order valence-corrected chi connectivity index (χ1v) is 7.54. The van der Waals surface area contributed by atoms with Crippen LogP contribution in [-0.2, 0) is 28.8 Å². The van der Waals surface area contributed by atoms with Crippen molar-refractivity contribution in [3.05, 3.63) is 0 Å². The second-order valence-electron chi connectivity index (χ2n) is 6.26. The first-order valence-electron chi connectivity index (χ1n) is 7.54. The summed E-state index contributed by atoms with van der Waals surface area (Å²) in [5.74, 6) is -10.5. The van der Waals surface area contributed by atoms with Crippen molar-refractivity contribution in [1.82, 2.24) is 0 Å². The van der Waals surface area contributed by atoms with Gasteiger partial charge in [-0.15, -0.1) is 0 Å². The highest BCUT2D eigenvalue weighted by atomic mass is 16.4. The lowest BCUT2D eigenvalue weighted by Crippen LogP contribution is -2.85. The van der Waals surface area contributed by atoms with Crippen molar-refractivity contribution in [2.24, 2.45) is 0 Å². The Labute approximate surface area is 153 Å². The summed E-state index contributed by atoms with van der Waals surface area (Å²) in [6, 6.07) is 0. The fourth-order valence-electron chi connectivity index (χ4n) is 2.93. The molecule has 0 heterocycles. The molecule has 0 aromatic heterocycles. The van der Waals surface area contributed by atoms with E-state index in [1.54, 1.807) is 0 Å². The molecule has 0 bridgehead atoms. The Morgan fingerprint density at radius 3 is 1.19 bits per heavy atom. The first kappa shape index (κ1) is 24.8. The summed E-state index contributed by atoms with van der Waals surface area (Å²) < 4.78 is 0. The van der Waals surface area contributed by atoms with Crippen LogP contribution in [0.4, 0.5) is 0 Å². The Kier molecular flexibility index (Phi) is 6.84. The summed E-state index contributed by atoms with van der Waals surface area (Å²) in [7, 11) is 0. The molecule has 4 atom stereocenters. The lowest BCUT2D eigenvalue weighted by atomic mass is 9.57. The van der Waals surface area contributed by atoms with Gasteiger partial charge >= 0.3 is 0 Å². The quantitative estimate of drug-likeness (QED) is 0.182. The summed E-state index contributed by atoms with van der Waals surface area (Å²) in [6.45, 7) is 0.706. The summed E-state index contributed by atoms with van der Waals surface area (Å²) in [5, 5.41) is 52.3. The molecule has 152 valence electrons. The van der Waals surface area contributed by atoms with E-state index in [2.05, 4.69) is 0 Å². The number of aliphatic hydroxyl groups excluding tert-OH is 1. The highest BCUT2D eigenvalue weighted by Gasteiger charge is 2.79. The maximum atomic E-state index is 12.2. The lowest BCUT2D eigenvalue weighted by Gasteiger charge is -2.52. The van der Waals surface area contributed by atoms with E-state index in [1.807, 2.05) is 0 Å². The van der Waals surface area contributed by atoms with Gasteiger partial charge in [0.05, 0.1) is 6.61 Å². The van der Waals surface area contributed by atoms with E-state index >= 15 is 0 Å². The number of Topliss-reactive ketones (excluding diaryl/α,β-unsaturated/α-hetero) is 6. The Bertz CT molecular complexity index is 726. The van der Waals surface area contributed by atoms with E-state index in [0.717, 1.165) is 0 Å². The largest absolute Gasteiger partial charge is 0.393 e. The van der Waals surface area contributed by atoms with Crippen LogP contribution in [0.5, 0.6) is 0 Å². The van der Waals surface area contributed by atoms with Gasteiger partial charge < -0.3 is 25.5 Å². The number of hydrogen-bond donors (Lipinski definition) is 5. The minimum atomic E-state index is -4.20. The smallest absolute Gasteiger partial charge is 0.240 e. The summed E-state index contributed by atoms with van der Waals surface area (Å²) >= 11 is 0. The number of hydrogen-bond acceptors (Lipinski definition) is 11. The zero-order chi connectivity index (χ0) is 22.2. The third-order valence-corrected chi connectivity index (χ3v) is 4.63. The molecule has 0 unspecified atom stereocenters. The molecule has 5 N–H and O–H groups in total. The molecule has 0 rings (SSSR count). The van der Waals surface area contributed by atoms with Gasteiger partial charge in [0.25, 0.3) is 0 Å². The zero-order valence-corrected chi connectivity index (χ0v) is 15.4.